The topological polar surface area (TPSA) is 66.8 Å². The first kappa shape index (κ1) is 16.8. The molecule has 0 atom stereocenters. The number of amides is 2. The van der Waals surface area contributed by atoms with Gasteiger partial charge in [0.15, 0.2) is 5.76 Å². The second-order valence-electron chi connectivity index (χ2n) is 6.20. The minimum atomic E-state index is -0.724. The highest BCUT2D eigenvalue weighted by atomic mass is 16.5. The maximum Gasteiger partial charge on any atom is 0.301 e. The van der Waals surface area contributed by atoms with Crippen molar-refractivity contribution in [1.29, 1.82) is 0 Å². The lowest BCUT2D eigenvalue weighted by Gasteiger charge is -2.16. The van der Waals surface area contributed by atoms with Gasteiger partial charge in [-0.25, -0.2) is 4.90 Å². The summed E-state index contributed by atoms with van der Waals surface area (Å²) in [5.41, 5.74) is 1.95. The van der Waals surface area contributed by atoms with E-state index in [1.165, 1.54) is 0 Å². The summed E-state index contributed by atoms with van der Waals surface area (Å²) >= 11 is 0. The number of rotatable bonds is 4. The zero-order chi connectivity index (χ0) is 18.1. The van der Waals surface area contributed by atoms with Gasteiger partial charge in [-0.05, 0) is 50.6 Å². The molecule has 2 aromatic rings. The number of anilines is 1. The van der Waals surface area contributed by atoms with Crippen LogP contribution < -0.4 is 9.64 Å². The molecule has 1 N–H and O–H groups in total. The van der Waals surface area contributed by atoms with Crippen molar-refractivity contribution in [3.63, 3.8) is 0 Å². The fourth-order valence-corrected chi connectivity index (χ4v) is 2.68. The smallest absolute Gasteiger partial charge is 0.301 e. The van der Waals surface area contributed by atoms with E-state index in [1.807, 2.05) is 32.9 Å². The van der Waals surface area contributed by atoms with Crippen LogP contribution in [0.25, 0.3) is 5.57 Å². The zero-order valence-corrected chi connectivity index (χ0v) is 14.3. The third kappa shape index (κ3) is 3.13. The van der Waals surface area contributed by atoms with Crippen molar-refractivity contribution in [2.45, 2.75) is 26.9 Å². The Hall–Kier alpha value is -3.08. The first-order valence-electron chi connectivity index (χ1n) is 8.04. The van der Waals surface area contributed by atoms with Gasteiger partial charge in [0.1, 0.15) is 5.75 Å². The van der Waals surface area contributed by atoms with Gasteiger partial charge in [0.25, 0.3) is 5.91 Å². The monoisotopic (exact) mass is 337 g/mol. The van der Waals surface area contributed by atoms with Gasteiger partial charge in [0.2, 0.25) is 0 Å². The molecule has 3 rings (SSSR count). The average Bonchev–Trinajstić information content (AvgIpc) is 2.79. The fourth-order valence-electron chi connectivity index (χ4n) is 2.68. The summed E-state index contributed by atoms with van der Waals surface area (Å²) in [6.07, 6.45) is 0.0275. The predicted molar refractivity (Wildman–Crippen MR) is 95.4 cm³/mol. The standard InChI is InChI=1S/C20H19NO4/c1-12(2)25-16-10-8-15(9-11-16)21-19(23)17(18(22)20(21)24)14-6-4-13(3)5-7-14/h4-12,22H,1-3H3. The van der Waals surface area contributed by atoms with Crippen molar-refractivity contribution in [2.75, 3.05) is 4.90 Å². The van der Waals surface area contributed by atoms with Crippen LogP contribution in [0.5, 0.6) is 5.75 Å². The summed E-state index contributed by atoms with van der Waals surface area (Å²) in [5.74, 6) is -1.15. The molecule has 0 fully saturated rings. The molecule has 5 nitrogen and oxygen atoms in total. The first-order valence-corrected chi connectivity index (χ1v) is 8.04. The number of aliphatic hydroxyl groups is 1. The van der Waals surface area contributed by atoms with Crippen molar-refractivity contribution in [2.24, 2.45) is 0 Å². The minimum Gasteiger partial charge on any atom is -0.502 e. The van der Waals surface area contributed by atoms with Crippen molar-refractivity contribution < 1.29 is 19.4 Å². The number of carbonyl (C=O) groups is 2. The molecule has 1 aliphatic rings. The summed E-state index contributed by atoms with van der Waals surface area (Å²) in [6, 6.07) is 13.7. The van der Waals surface area contributed by atoms with E-state index < -0.39 is 17.6 Å². The number of benzene rings is 2. The van der Waals surface area contributed by atoms with Crippen LogP contribution >= 0.6 is 0 Å². The molecular weight excluding hydrogens is 318 g/mol. The minimum absolute atomic E-state index is 0.0208. The molecule has 25 heavy (non-hydrogen) atoms. The number of carbonyl (C=O) groups excluding carboxylic acids is 2. The Bertz CT molecular complexity index is 848. The average molecular weight is 337 g/mol. The summed E-state index contributed by atoms with van der Waals surface area (Å²) in [4.78, 5) is 26.1. The van der Waals surface area contributed by atoms with Crippen molar-refractivity contribution in [3.8, 4) is 5.75 Å². The predicted octanol–water partition coefficient (Wildman–Crippen LogP) is 3.62. The Morgan fingerprint density at radius 1 is 0.920 bits per heavy atom. The molecule has 0 aliphatic carbocycles. The molecule has 1 heterocycles. The van der Waals surface area contributed by atoms with Gasteiger partial charge in [-0.1, -0.05) is 29.8 Å². The molecule has 0 aromatic heterocycles. The number of imide groups is 1. The van der Waals surface area contributed by atoms with Gasteiger partial charge in [-0.2, -0.15) is 0 Å². The number of nitrogens with zero attached hydrogens (tertiary/aromatic N) is 1. The normalized spacial score (nSPS) is 14.6. The van der Waals surface area contributed by atoms with Gasteiger partial charge in [-0.3, -0.25) is 9.59 Å². The van der Waals surface area contributed by atoms with Crippen LogP contribution in [0.3, 0.4) is 0 Å². The van der Waals surface area contributed by atoms with Crippen LogP contribution in [0.15, 0.2) is 54.3 Å². The molecule has 1 aliphatic heterocycles. The lowest BCUT2D eigenvalue weighted by molar-refractivity contribution is -0.121. The quantitative estimate of drug-likeness (QED) is 0.865. The van der Waals surface area contributed by atoms with Crippen LogP contribution in [0, 0.1) is 6.92 Å². The Kier molecular flexibility index (Phi) is 4.31. The van der Waals surface area contributed by atoms with Gasteiger partial charge in [0.05, 0.1) is 17.4 Å². The highest BCUT2D eigenvalue weighted by Gasteiger charge is 2.40. The SMILES string of the molecule is Cc1ccc(C2=C(O)C(=O)N(c3ccc(OC(C)C)cc3)C2=O)cc1. The Morgan fingerprint density at radius 3 is 2.08 bits per heavy atom. The van der Waals surface area contributed by atoms with E-state index in [0.29, 0.717) is 17.0 Å². The molecule has 0 bridgehead atoms. The van der Waals surface area contributed by atoms with E-state index in [0.717, 1.165) is 10.5 Å². The van der Waals surface area contributed by atoms with Gasteiger partial charge in [0, 0.05) is 0 Å². The molecule has 2 amide bonds. The molecule has 0 radical (unpaired) electrons. The molecule has 2 aromatic carbocycles. The second-order valence-corrected chi connectivity index (χ2v) is 6.20. The third-order valence-corrected chi connectivity index (χ3v) is 3.87. The Labute approximate surface area is 146 Å². The van der Waals surface area contributed by atoms with E-state index in [2.05, 4.69) is 0 Å². The lowest BCUT2D eigenvalue weighted by atomic mass is 10.0. The molecule has 0 saturated carbocycles. The number of ether oxygens (including phenoxy) is 1. The summed E-state index contributed by atoms with van der Waals surface area (Å²) < 4.78 is 5.56. The molecule has 0 unspecified atom stereocenters. The Balaban J connectivity index is 1.91. The van der Waals surface area contributed by atoms with Crippen LogP contribution in [-0.4, -0.2) is 23.0 Å². The van der Waals surface area contributed by atoms with Crippen LogP contribution in [0.2, 0.25) is 0 Å². The number of aryl methyl sites for hydroxylation is 1. The number of hydrogen-bond donors (Lipinski definition) is 1. The van der Waals surface area contributed by atoms with E-state index in [4.69, 9.17) is 4.74 Å². The van der Waals surface area contributed by atoms with E-state index >= 15 is 0 Å². The van der Waals surface area contributed by atoms with Crippen molar-refractivity contribution in [1.82, 2.24) is 0 Å². The fraction of sp³-hybridized carbons (Fsp3) is 0.200. The van der Waals surface area contributed by atoms with Crippen LogP contribution in [0.1, 0.15) is 25.0 Å². The molecular formula is C20H19NO4. The van der Waals surface area contributed by atoms with Crippen LogP contribution in [0.4, 0.5) is 5.69 Å². The lowest BCUT2D eigenvalue weighted by Crippen LogP contribution is -2.31. The van der Waals surface area contributed by atoms with Crippen LogP contribution in [-0.2, 0) is 9.59 Å². The summed E-state index contributed by atoms with van der Waals surface area (Å²) in [7, 11) is 0. The highest BCUT2D eigenvalue weighted by Crippen LogP contribution is 2.32. The van der Waals surface area contributed by atoms with Gasteiger partial charge >= 0.3 is 5.91 Å². The third-order valence-electron chi connectivity index (χ3n) is 3.87. The van der Waals surface area contributed by atoms with E-state index in [-0.39, 0.29) is 11.7 Å². The number of hydrogen-bond acceptors (Lipinski definition) is 4. The first-order chi connectivity index (χ1) is 11.9. The second kappa shape index (κ2) is 6.43. The zero-order valence-electron chi connectivity index (χ0n) is 14.3. The number of aliphatic hydroxyl groups excluding tert-OH is 1. The van der Waals surface area contributed by atoms with Crippen molar-refractivity contribution in [3.05, 3.63) is 65.4 Å². The highest BCUT2D eigenvalue weighted by molar-refractivity contribution is 6.44. The van der Waals surface area contributed by atoms with Gasteiger partial charge < -0.3 is 9.84 Å². The molecule has 5 heteroatoms. The van der Waals surface area contributed by atoms with Gasteiger partial charge in [-0.15, -0.1) is 0 Å². The maximum absolute atomic E-state index is 12.7. The molecule has 0 spiro atoms. The van der Waals surface area contributed by atoms with E-state index in [9.17, 15) is 14.7 Å². The van der Waals surface area contributed by atoms with Crippen molar-refractivity contribution >= 4 is 23.1 Å². The van der Waals surface area contributed by atoms with E-state index in [1.54, 1.807) is 36.4 Å². The summed E-state index contributed by atoms with van der Waals surface area (Å²) in [5, 5.41) is 10.2. The largest absolute Gasteiger partial charge is 0.502 e. The maximum atomic E-state index is 12.7. The Morgan fingerprint density at radius 2 is 1.52 bits per heavy atom. The summed E-state index contributed by atoms with van der Waals surface area (Å²) in [6.45, 7) is 5.75. The molecule has 128 valence electrons. The molecule has 0 saturated heterocycles.